The lowest BCUT2D eigenvalue weighted by molar-refractivity contribution is 0.130. The van der Waals surface area contributed by atoms with E-state index in [0.29, 0.717) is 24.9 Å². The number of benzene rings is 1. The molecule has 2 aromatic heterocycles. The SMILES string of the molecule is CCOCC(N)c1noc(-c2cccc3cccnc23)n1. The third-order valence-corrected chi connectivity index (χ3v) is 3.14. The number of aromatic nitrogens is 3. The summed E-state index contributed by atoms with van der Waals surface area (Å²) in [6.45, 7) is 2.88. The Morgan fingerprint density at radius 2 is 2.14 bits per heavy atom. The Morgan fingerprint density at radius 1 is 1.29 bits per heavy atom. The van der Waals surface area contributed by atoms with E-state index in [0.717, 1.165) is 16.5 Å². The van der Waals surface area contributed by atoms with Crippen molar-refractivity contribution in [3.63, 3.8) is 0 Å². The van der Waals surface area contributed by atoms with Gasteiger partial charge in [0, 0.05) is 18.2 Å². The van der Waals surface area contributed by atoms with Crippen molar-refractivity contribution in [1.82, 2.24) is 15.1 Å². The fourth-order valence-corrected chi connectivity index (χ4v) is 2.09. The first-order valence-corrected chi connectivity index (χ1v) is 6.80. The first kappa shape index (κ1) is 13.7. The smallest absolute Gasteiger partial charge is 0.260 e. The van der Waals surface area contributed by atoms with Gasteiger partial charge in [-0.2, -0.15) is 4.98 Å². The van der Waals surface area contributed by atoms with Gasteiger partial charge in [0.15, 0.2) is 5.82 Å². The summed E-state index contributed by atoms with van der Waals surface area (Å²) in [4.78, 5) is 8.74. The molecule has 0 bridgehead atoms. The van der Waals surface area contributed by atoms with Crippen LogP contribution >= 0.6 is 0 Å². The van der Waals surface area contributed by atoms with E-state index >= 15 is 0 Å². The Labute approximate surface area is 121 Å². The molecule has 0 aliphatic rings. The number of ether oxygens (including phenoxy) is 1. The first-order chi connectivity index (χ1) is 10.3. The monoisotopic (exact) mass is 284 g/mol. The van der Waals surface area contributed by atoms with Crippen LogP contribution in [0.5, 0.6) is 0 Å². The molecule has 2 heterocycles. The van der Waals surface area contributed by atoms with Crippen molar-refractivity contribution in [1.29, 1.82) is 0 Å². The van der Waals surface area contributed by atoms with Crippen molar-refractivity contribution in [2.24, 2.45) is 5.73 Å². The number of nitrogens with two attached hydrogens (primary N) is 1. The molecule has 0 spiro atoms. The lowest BCUT2D eigenvalue weighted by Gasteiger charge is -2.05. The highest BCUT2D eigenvalue weighted by Crippen LogP contribution is 2.26. The quantitative estimate of drug-likeness (QED) is 0.773. The molecule has 0 fully saturated rings. The molecule has 0 aliphatic heterocycles. The van der Waals surface area contributed by atoms with Gasteiger partial charge < -0.3 is 15.0 Å². The van der Waals surface area contributed by atoms with Crippen molar-refractivity contribution < 1.29 is 9.26 Å². The highest BCUT2D eigenvalue weighted by Gasteiger charge is 2.17. The van der Waals surface area contributed by atoms with Gasteiger partial charge in [-0.3, -0.25) is 4.98 Å². The minimum absolute atomic E-state index is 0.364. The van der Waals surface area contributed by atoms with Crippen LogP contribution in [0.25, 0.3) is 22.4 Å². The van der Waals surface area contributed by atoms with E-state index in [9.17, 15) is 0 Å². The Morgan fingerprint density at radius 3 is 3.00 bits per heavy atom. The zero-order chi connectivity index (χ0) is 14.7. The van der Waals surface area contributed by atoms with E-state index in [2.05, 4.69) is 15.1 Å². The lowest BCUT2D eigenvalue weighted by Crippen LogP contribution is -2.18. The average molecular weight is 284 g/mol. The topological polar surface area (TPSA) is 87.1 Å². The summed E-state index contributed by atoms with van der Waals surface area (Å²) in [6, 6.07) is 9.31. The zero-order valence-corrected chi connectivity index (χ0v) is 11.7. The number of rotatable bonds is 5. The second-order valence-corrected chi connectivity index (χ2v) is 4.60. The molecule has 1 atom stereocenters. The summed E-state index contributed by atoms with van der Waals surface area (Å²) >= 11 is 0. The summed E-state index contributed by atoms with van der Waals surface area (Å²) in [5.74, 6) is 0.854. The minimum atomic E-state index is -0.398. The van der Waals surface area contributed by atoms with Crippen LogP contribution in [0.1, 0.15) is 18.8 Å². The Balaban J connectivity index is 1.95. The van der Waals surface area contributed by atoms with Crippen molar-refractivity contribution in [2.75, 3.05) is 13.2 Å². The van der Waals surface area contributed by atoms with E-state index in [1.165, 1.54) is 0 Å². The number of fused-ring (bicyclic) bond motifs is 1. The molecule has 1 aromatic carbocycles. The molecule has 2 N–H and O–H groups in total. The van der Waals surface area contributed by atoms with Crippen LogP contribution in [-0.2, 0) is 4.74 Å². The summed E-state index contributed by atoms with van der Waals surface area (Å²) in [5, 5.41) is 4.95. The average Bonchev–Trinajstić information content (AvgIpc) is 3.02. The van der Waals surface area contributed by atoms with Crippen molar-refractivity contribution in [3.05, 3.63) is 42.4 Å². The van der Waals surface area contributed by atoms with Gasteiger partial charge in [-0.05, 0) is 19.1 Å². The number of nitrogens with zero attached hydrogens (tertiary/aromatic N) is 3. The summed E-state index contributed by atoms with van der Waals surface area (Å²) < 4.78 is 10.6. The van der Waals surface area contributed by atoms with Crippen LogP contribution in [0.15, 0.2) is 41.1 Å². The molecule has 0 saturated heterocycles. The molecule has 1 unspecified atom stereocenters. The molecular weight excluding hydrogens is 268 g/mol. The van der Waals surface area contributed by atoms with Gasteiger partial charge in [0.05, 0.1) is 23.7 Å². The van der Waals surface area contributed by atoms with Crippen molar-refractivity contribution >= 4 is 10.9 Å². The number of hydrogen-bond donors (Lipinski definition) is 1. The molecule has 0 aliphatic carbocycles. The second kappa shape index (κ2) is 5.99. The molecule has 0 amide bonds. The van der Waals surface area contributed by atoms with Crippen LogP contribution in [0.3, 0.4) is 0 Å². The van der Waals surface area contributed by atoms with E-state index in [4.69, 9.17) is 15.0 Å². The molecular formula is C15H16N4O2. The minimum Gasteiger partial charge on any atom is -0.380 e. The van der Waals surface area contributed by atoms with Crippen LogP contribution < -0.4 is 5.73 Å². The van der Waals surface area contributed by atoms with Gasteiger partial charge in [0.25, 0.3) is 5.89 Å². The molecule has 21 heavy (non-hydrogen) atoms. The molecule has 3 aromatic rings. The maximum Gasteiger partial charge on any atom is 0.260 e. The lowest BCUT2D eigenvalue weighted by atomic mass is 10.1. The molecule has 0 saturated carbocycles. The first-order valence-electron chi connectivity index (χ1n) is 6.80. The predicted molar refractivity (Wildman–Crippen MR) is 78.5 cm³/mol. The van der Waals surface area contributed by atoms with E-state index < -0.39 is 6.04 Å². The van der Waals surface area contributed by atoms with Crippen molar-refractivity contribution in [2.45, 2.75) is 13.0 Å². The normalized spacial score (nSPS) is 12.7. The van der Waals surface area contributed by atoms with Gasteiger partial charge in [0.2, 0.25) is 0 Å². The van der Waals surface area contributed by atoms with Crippen LogP contribution in [0, 0.1) is 0 Å². The molecule has 3 rings (SSSR count). The number of hydrogen-bond acceptors (Lipinski definition) is 6. The van der Waals surface area contributed by atoms with Gasteiger partial charge in [0.1, 0.15) is 0 Å². The zero-order valence-electron chi connectivity index (χ0n) is 11.7. The third-order valence-electron chi connectivity index (χ3n) is 3.14. The Kier molecular flexibility index (Phi) is 3.89. The molecule has 0 radical (unpaired) electrons. The summed E-state index contributed by atoms with van der Waals surface area (Å²) in [6.07, 6.45) is 1.74. The fourth-order valence-electron chi connectivity index (χ4n) is 2.09. The van der Waals surface area contributed by atoms with Gasteiger partial charge in [-0.1, -0.05) is 23.4 Å². The van der Waals surface area contributed by atoms with Gasteiger partial charge in [-0.25, -0.2) is 0 Å². The number of para-hydroxylation sites is 1. The summed E-state index contributed by atoms with van der Waals surface area (Å²) in [5.41, 5.74) is 7.59. The van der Waals surface area contributed by atoms with Crippen molar-refractivity contribution in [3.8, 4) is 11.5 Å². The maximum atomic E-state index is 5.96. The highest BCUT2D eigenvalue weighted by atomic mass is 16.5. The standard InChI is InChI=1S/C15H16N4O2/c1-2-20-9-12(16)14-18-15(21-19-14)11-7-3-5-10-6-4-8-17-13(10)11/h3-8,12H,2,9,16H2,1H3. The van der Waals surface area contributed by atoms with E-state index in [1.807, 2.05) is 37.3 Å². The van der Waals surface area contributed by atoms with E-state index in [-0.39, 0.29) is 0 Å². The predicted octanol–water partition coefficient (Wildman–Crippen LogP) is 2.32. The molecule has 6 heteroatoms. The number of pyridine rings is 1. The molecule has 6 nitrogen and oxygen atoms in total. The summed E-state index contributed by atoms with van der Waals surface area (Å²) in [7, 11) is 0. The highest BCUT2D eigenvalue weighted by molar-refractivity contribution is 5.91. The fraction of sp³-hybridized carbons (Fsp3) is 0.267. The van der Waals surface area contributed by atoms with Crippen LogP contribution in [-0.4, -0.2) is 28.3 Å². The van der Waals surface area contributed by atoms with Crippen LogP contribution in [0.2, 0.25) is 0 Å². The Hall–Kier alpha value is -2.31. The van der Waals surface area contributed by atoms with Gasteiger partial charge >= 0.3 is 0 Å². The third kappa shape index (κ3) is 2.76. The second-order valence-electron chi connectivity index (χ2n) is 4.60. The molecule has 108 valence electrons. The van der Waals surface area contributed by atoms with Crippen LogP contribution in [0.4, 0.5) is 0 Å². The van der Waals surface area contributed by atoms with Gasteiger partial charge in [-0.15, -0.1) is 0 Å². The van der Waals surface area contributed by atoms with E-state index in [1.54, 1.807) is 6.20 Å². The maximum absolute atomic E-state index is 5.96. The largest absolute Gasteiger partial charge is 0.380 e. The Bertz CT molecular complexity index is 736.